The van der Waals surface area contributed by atoms with E-state index < -0.39 is 28.8 Å². The summed E-state index contributed by atoms with van der Waals surface area (Å²) in [6, 6.07) is 0. The number of carbonyl (C=O) groups is 2. The molecule has 6 nitrogen and oxygen atoms in total. The van der Waals surface area contributed by atoms with E-state index >= 15 is 0 Å². The minimum absolute atomic E-state index is 0.148. The third-order valence-corrected chi connectivity index (χ3v) is 8.64. The Morgan fingerprint density at radius 3 is 2.48 bits per heavy atom. The zero-order chi connectivity index (χ0) is 22.9. The summed E-state index contributed by atoms with van der Waals surface area (Å²) in [6.45, 7) is 11.5. The summed E-state index contributed by atoms with van der Waals surface area (Å²) in [4.78, 5) is 25.5. The van der Waals surface area contributed by atoms with Gasteiger partial charge >= 0.3 is 5.97 Å². The Balaban J connectivity index is 1.73. The molecule has 2 aliphatic carbocycles. The maximum absolute atomic E-state index is 13.9. The van der Waals surface area contributed by atoms with E-state index in [1.165, 1.54) is 6.08 Å². The van der Waals surface area contributed by atoms with E-state index in [1.807, 2.05) is 47.6 Å². The van der Waals surface area contributed by atoms with Crippen LogP contribution < -0.4 is 0 Å². The maximum Gasteiger partial charge on any atom is 0.331 e. The minimum atomic E-state index is -1.43. The maximum atomic E-state index is 13.9. The van der Waals surface area contributed by atoms with Crippen LogP contribution in [0.1, 0.15) is 67.2 Å². The molecule has 0 aromatic rings. The molecule has 2 aliphatic heterocycles. The van der Waals surface area contributed by atoms with Crippen LogP contribution in [-0.4, -0.2) is 51.0 Å². The van der Waals surface area contributed by atoms with Crippen LogP contribution in [0.3, 0.4) is 0 Å². The smallest absolute Gasteiger partial charge is 0.331 e. The van der Waals surface area contributed by atoms with Crippen LogP contribution in [0.25, 0.3) is 0 Å². The molecule has 172 valence electrons. The van der Waals surface area contributed by atoms with Crippen LogP contribution in [-0.2, 0) is 19.1 Å². The summed E-state index contributed by atoms with van der Waals surface area (Å²) in [5.41, 5.74) is -1.94. The summed E-state index contributed by atoms with van der Waals surface area (Å²) in [6.07, 6.45) is 4.85. The number of hydrogen-bond donors (Lipinski definition) is 2. The Morgan fingerprint density at radius 1 is 1.23 bits per heavy atom. The molecule has 0 aromatic heterocycles. The van der Waals surface area contributed by atoms with E-state index in [9.17, 15) is 19.8 Å². The van der Waals surface area contributed by atoms with E-state index in [-0.39, 0.29) is 35.6 Å². The average Bonchev–Trinajstić information content (AvgIpc) is 3.23. The van der Waals surface area contributed by atoms with Gasteiger partial charge in [-0.1, -0.05) is 25.5 Å². The van der Waals surface area contributed by atoms with Crippen LogP contribution in [0, 0.1) is 23.7 Å². The van der Waals surface area contributed by atoms with Crippen molar-refractivity contribution in [2.75, 3.05) is 0 Å². The normalized spacial score (nSPS) is 48.8. The van der Waals surface area contributed by atoms with Gasteiger partial charge in [-0.15, -0.1) is 0 Å². The molecular formula is C25H36O6. The fourth-order valence-electron chi connectivity index (χ4n) is 6.88. The third kappa shape index (κ3) is 3.09. The van der Waals surface area contributed by atoms with Gasteiger partial charge in [0.2, 0.25) is 0 Å². The zero-order valence-electron chi connectivity index (χ0n) is 19.5. The van der Waals surface area contributed by atoms with Gasteiger partial charge in [0.05, 0.1) is 11.5 Å². The second-order valence-corrected chi connectivity index (χ2v) is 10.8. The highest BCUT2D eigenvalue weighted by Crippen LogP contribution is 2.62. The largest absolute Gasteiger partial charge is 0.455 e. The Kier molecular flexibility index (Phi) is 5.31. The predicted octanol–water partition coefficient (Wildman–Crippen LogP) is 3.11. The third-order valence-electron chi connectivity index (χ3n) is 8.64. The van der Waals surface area contributed by atoms with Crippen molar-refractivity contribution >= 4 is 11.8 Å². The quantitative estimate of drug-likeness (QED) is 0.524. The number of Topliss-reactive ketones (excluding diaryl/α,β-unsaturated/α-hetero) is 1. The van der Waals surface area contributed by atoms with Crippen molar-refractivity contribution < 1.29 is 29.3 Å². The molecule has 1 saturated heterocycles. The zero-order valence-corrected chi connectivity index (χ0v) is 19.5. The first-order chi connectivity index (χ1) is 14.4. The molecule has 0 bridgehead atoms. The Hall–Kier alpha value is -1.50. The second-order valence-electron chi connectivity index (χ2n) is 10.8. The molecule has 3 fully saturated rings. The van der Waals surface area contributed by atoms with E-state index in [0.717, 1.165) is 24.0 Å². The molecule has 0 amide bonds. The molecule has 0 unspecified atom stereocenters. The number of ether oxygens (including phenoxy) is 2. The number of cyclic esters (lactones) is 1. The highest BCUT2D eigenvalue weighted by atomic mass is 16.6. The summed E-state index contributed by atoms with van der Waals surface area (Å²) in [7, 11) is 0. The highest BCUT2D eigenvalue weighted by molar-refractivity contribution is 5.94. The number of hydrogen-bond acceptors (Lipinski definition) is 6. The lowest BCUT2D eigenvalue weighted by Gasteiger charge is -2.53. The number of carbonyl (C=O) groups excluding carboxylic acids is 2. The first kappa shape index (κ1) is 22.7. The fraction of sp³-hybridized carbons (Fsp3) is 0.760. The van der Waals surface area contributed by atoms with Crippen molar-refractivity contribution in [1.82, 2.24) is 0 Å². The summed E-state index contributed by atoms with van der Waals surface area (Å²) < 4.78 is 11.9. The molecule has 4 aliphatic rings. The molecule has 31 heavy (non-hydrogen) atoms. The second kappa shape index (κ2) is 7.26. The molecule has 0 aromatic carbocycles. The van der Waals surface area contributed by atoms with Gasteiger partial charge in [-0.25, -0.2) is 4.79 Å². The standard InChI is InChI=1S/C25H36O6/c1-13(2)11-19-25(29)16(5)17-8-7-15(4)24(17,28)22(27)21(25)23(6,31-19)10-9-18-14(3)12-20(26)30-18/h11-12,15-19,21,28-29H,7-10H2,1-6H3/t15-,16-,17-,18-,19+,21-,23-,24-,25-/m0/s1. The Labute approximate surface area is 184 Å². The van der Waals surface area contributed by atoms with Crippen molar-refractivity contribution in [3.63, 3.8) is 0 Å². The van der Waals surface area contributed by atoms with Crippen molar-refractivity contribution in [2.45, 2.75) is 96.2 Å². The van der Waals surface area contributed by atoms with Crippen molar-refractivity contribution in [3.05, 3.63) is 23.3 Å². The number of esters is 1. The van der Waals surface area contributed by atoms with Crippen LogP contribution >= 0.6 is 0 Å². The van der Waals surface area contributed by atoms with Crippen LogP contribution in [0.5, 0.6) is 0 Å². The highest BCUT2D eigenvalue weighted by Gasteiger charge is 2.75. The molecule has 2 N–H and O–H groups in total. The lowest BCUT2D eigenvalue weighted by Crippen LogP contribution is -2.69. The van der Waals surface area contributed by atoms with Gasteiger partial charge < -0.3 is 19.7 Å². The molecule has 0 spiro atoms. The van der Waals surface area contributed by atoms with Crippen molar-refractivity contribution in [1.29, 1.82) is 0 Å². The SMILES string of the molecule is CC(C)=C[C@H]1O[C@@](C)(CC[C@@H]2OC(=O)C=C2C)[C@@H]2C(=O)[C@]3(O)[C@@H](C)CC[C@H]3[C@H](C)[C@@]21O. The van der Waals surface area contributed by atoms with Gasteiger partial charge in [-0.05, 0) is 70.8 Å². The molecular weight excluding hydrogens is 396 g/mol. The van der Waals surface area contributed by atoms with E-state index in [2.05, 4.69) is 0 Å². The lowest BCUT2D eigenvalue weighted by atomic mass is 9.53. The number of ketones is 1. The fourth-order valence-corrected chi connectivity index (χ4v) is 6.88. The molecule has 2 saturated carbocycles. The summed E-state index contributed by atoms with van der Waals surface area (Å²) in [5.74, 6) is -2.21. The van der Waals surface area contributed by atoms with Gasteiger partial charge in [-0.3, -0.25) is 4.79 Å². The van der Waals surface area contributed by atoms with Crippen molar-refractivity contribution in [3.8, 4) is 0 Å². The Morgan fingerprint density at radius 2 is 1.90 bits per heavy atom. The predicted molar refractivity (Wildman–Crippen MR) is 115 cm³/mol. The van der Waals surface area contributed by atoms with Gasteiger partial charge in [0, 0.05) is 12.0 Å². The van der Waals surface area contributed by atoms with Crippen molar-refractivity contribution in [2.24, 2.45) is 23.7 Å². The topological polar surface area (TPSA) is 93.1 Å². The molecule has 9 atom stereocenters. The first-order valence-corrected chi connectivity index (χ1v) is 11.6. The van der Waals surface area contributed by atoms with E-state index in [0.29, 0.717) is 12.8 Å². The molecule has 0 radical (unpaired) electrons. The summed E-state index contributed by atoms with van der Waals surface area (Å²) in [5, 5.41) is 23.8. The lowest BCUT2D eigenvalue weighted by molar-refractivity contribution is -0.193. The van der Waals surface area contributed by atoms with Gasteiger partial charge in [0.25, 0.3) is 0 Å². The average molecular weight is 433 g/mol. The number of fused-ring (bicyclic) bond motifs is 2. The number of allylic oxidation sites excluding steroid dienone is 1. The van der Waals surface area contributed by atoms with Crippen LogP contribution in [0.4, 0.5) is 0 Å². The monoisotopic (exact) mass is 432 g/mol. The van der Waals surface area contributed by atoms with Crippen LogP contribution in [0.2, 0.25) is 0 Å². The molecule has 2 heterocycles. The minimum Gasteiger partial charge on any atom is -0.455 e. The van der Waals surface area contributed by atoms with Gasteiger partial charge in [-0.2, -0.15) is 0 Å². The number of rotatable bonds is 4. The van der Waals surface area contributed by atoms with Gasteiger partial charge in [0.15, 0.2) is 5.78 Å². The van der Waals surface area contributed by atoms with E-state index in [4.69, 9.17) is 9.47 Å². The Bertz CT molecular complexity index is 856. The number of aliphatic hydroxyl groups is 2. The molecule has 4 rings (SSSR count). The summed E-state index contributed by atoms with van der Waals surface area (Å²) >= 11 is 0. The van der Waals surface area contributed by atoms with E-state index in [1.54, 1.807) is 0 Å². The van der Waals surface area contributed by atoms with Crippen LogP contribution in [0.15, 0.2) is 23.3 Å². The molecule has 6 heteroatoms. The first-order valence-electron chi connectivity index (χ1n) is 11.6. The van der Waals surface area contributed by atoms with Gasteiger partial charge in [0.1, 0.15) is 23.4 Å².